The number of benzene rings is 2. The number of hydrogen-bond acceptors (Lipinski definition) is 2. The molecule has 19 heavy (non-hydrogen) atoms. The summed E-state index contributed by atoms with van der Waals surface area (Å²) in [5.74, 6) is 0. The molecule has 2 rings (SSSR count). The van der Waals surface area contributed by atoms with Crippen LogP contribution in [0.5, 0.6) is 0 Å². The molecule has 100 valence electrons. The molecule has 0 radical (unpaired) electrons. The van der Waals surface area contributed by atoms with Crippen molar-refractivity contribution >= 4 is 60.1 Å². The van der Waals surface area contributed by atoms with Gasteiger partial charge in [0.05, 0.1) is 0 Å². The molecule has 0 aromatic heterocycles. The van der Waals surface area contributed by atoms with Crippen LogP contribution in [0, 0.1) is 0 Å². The van der Waals surface area contributed by atoms with Gasteiger partial charge in [0.2, 0.25) is 0 Å². The van der Waals surface area contributed by atoms with E-state index in [-0.39, 0.29) is 4.90 Å². The fourth-order valence-electron chi connectivity index (χ4n) is 1.41. The molecule has 1 unspecified atom stereocenters. The van der Waals surface area contributed by atoms with E-state index in [2.05, 4.69) is 4.72 Å². The van der Waals surface area contributed by atoms with Gasteiger partial charge in [0.15, 0.2) is 0 Å². The molecule has 3 nitrogen and oxygen atoms in total. The minimum atomic E-state index is -3.64. The summed E-state index contributed by atoms with van der Waals surface area (Å²) in [4.78, 5) is 0.133. The second-order valence-corrected chi connectivity index (χ2v) is 7.63. The molecular formula is C12H10AsCl2NO2S. The van der Waals surface area contributed by atoms with Gasteiger partial charge >= 0.3 is 131 Å². The van der Waals surface area contributed by atoms with Gasteiger partial charge in [-0.25, -0.2) is 0 Å². The van der Waals surface area contributed by atoms with Gasteiger partial charge in [0, 0.05) is 0 Å². The topological polar surface area (TPSA) is 46.2 Å². The number of anilines is 1. The molecule has 0 heterocycles. The van der Waals surface area contributed by atoms with E-state index in [0.717, 1.165) is 4.35 Å². The maximum absolute atomic E-state index is 12.2. The average Bonchev–Trinajstić information content (AvgIpc) is 2.35. The van der Waals surface area contributed by atoms with Gasteiger partial charge in [-0.15, -0.1) is 0 Å². The van der Waals surface area contributed by atoms with Crippen LogP contribution in [0.1, 0.15) is 0 Å². The quantitative estimate of drug-likeness (QED) is 0.832. The first-order valence-corrected chi connectivity index (χ1v) is 8.67. The van der Waals surface area contributed by atoms with E-state index in [1.165, 1.54) is 29.0 Å². The average molecular weight is 378 g/mol. The molecule has 2 aromatic carbocycles. The van der Waals surface area contributed by atoms with Crippen molar-refractivity contribution in [2.24, 2.45) is 0 Å². The molecule has 0 saturated heterocycles. The molecule has 0 fully saturated rings. The van der Waals surface area contributed by atoms with E-state index >= 15 is 0 Å². The zero-order chi connectivity index (χ0) is 14.0. The molecule has 0 amide bonds. The molecule has 1 atom stereocenters. The van der Waals surface area contributed by atoms with Crippen molar-refractivity contribution in [2.45, 2.75) is 4.90 Å². The Morgan fingerprint density at radius 2 is 1.63 bits per heavy atom. The molecule has 0 aliphatic heterocycles. The van der Waals surface area contributed by atoms with Crippen molar-refractivity contribution in [3.8, 4) is 0 Å². The van der Waals surface area contributed by atoms with Gasteiger partial charge < -0.3 is 0 Å². The van der Waals surface area contributed by atoms with Gasteiger partial charge in [-0.1, -0.05) is 0 Å². The third-order valence-electron chi connectivity index (χ3n) is 2.38. The van der Waals surface area contributed by atoms with Crippen LogP contribution in [0.15, 0.2) is 47.4 Å². The fraction of sp³-hybridized carbons (Fsp3) is 0. The summed E-state index contributed by atoms with van der Waals surface area (Å²) in [6.45, 7) is 0. The molecule has 2 aromatic rings. The van der Waals surface area contributed by atoms with Gasteiger partial charge in [-0.05, 0) is 0 Å². The van der Waals surface area contributed by atoms with Crippen molar-refractivity contribution in [3.63, 3.8) is 0 Å². The third kappa shape index (κ3) is 3.67. The molecule has 7 heteroatoms. The minimum absolute atomic E-state index is 0.133. The first-order chi connectivity index (χ1) is 8.88. The molecular weight excluding hydrogens is 368 g/mol. The zero-order valence-electron chi connectivity index (χ0n) is 9.60. The SMILES string of the molecule is O=S(=O)(Nc1ccc(Cl)cc1)c1ccc([AsH2])c(Cl)c1. The fourth-order valence-corrected chi connectivity index (χ4v) is 3.24. The molecule has 0 aliphatic carbocycles. The number of nitrogens with one attached hydrogen (secondary N) is 1. The normalized spacial score (nSPS) is 11.3. The van der Waals surface area contributed by atoms with Crippen molar-refractivity contribution in [1.29, 1.82) is 0 Å². The van der Waals surface area contributed by atoms with E-state index in [1.54, 1.807) is 30.3 Å². The van der Waals surface area contributed by atoms with Gasteiger partial charge in [0.1, 0.15) is 0 Å². The Kier molecular flexibility index (Phi) is 4.46. The Labute approximate surface area is 130 Å². The Morgan fingerprint density at radius 1 is 1.00 bits per heavy atom. The first kappa shape index (κ1) is 14.7. The Balaban J connectivity index is 2.32. The Bertz CT molecular complexity index is 702. The molecule has 0 aliphatic rings. The summed E-state index contributed by atoms with van der Waals surface area (Å²) in [5.41, 5.74) is 0.449. The summed E-state index contributed by atoms with van der Waals surface area (Å²) in [7, 11) is -3.64. The number of rotatable bonds is 3. The van der Waals surface area contributed by atoms with Gasteiger partial charge in [-0.2, -0.15) is 0 Å². The summed E-state index contributed by atoms with van der Waals surface area (Å²) in [5, 5.41) is 0.988. The molecule has 0 spiro atoms. The first-order valence-electron chi connectivity index (χ1n) is 5.22. The summed E-state index contributed by atoms with van der Waals surface area (Å²) in [6.07, 6.45) is 0. The predicted octanol–water partition coefficient (Wildman–Crippen LogP) is 2.05. The summed E-state index contributed by atoms with van der Waals surface area (Å²) in [6, 6.07) is 11.1. The van der Waals surface area contributed by atoms with E-state index < -0.39 is 10.0 Å². The van der Waals surface area contributed by atoms with Crippen LogP contribution in [0.2, 0.25) is 10.0 Å². The maximum atomic E-state index is 12.2. The van der Waals surface area contributed by atoms with Crippen molar-refractivity contribution in [2.75, 3.05) is 4.72 Å². The summed E-state index contributed by atoms with van der Waals surface area (Å²) >= 11 is 13.0. The van der Waals surface area contributed by atoms with Crippen LogP contribution in [-0.4, -0.2) is 25.3 Å². The van der Waals surface area contributed by atoms with Gasteiger partial charge in [0.25, 0.3) is 0 Å². The van der Waals surface area contributed by atoms with E-state index in [9.17, 15) is 8.42 Å². The molecule has 1 N–H and O–H groups in total. The second-order valence-electron chi connectivity index (χ2n) is 3.80. The molecule has 0 bridgehead atoms. The van der Waals surface area contributed by atoms with Crippen LogP contribution in [0.25, 0.3) is 0 Å². The van der Waals surface area contributed by atoms with Crippen LogP contribution in [-0.2, 0) is 10.0 Å². The van der Waals surface area contributed by atoms with Crippen molar-refractivity contribution in [1.82, 2.24) is 0 Å². The Morgan fingerprint density at radius 3 is 2.21 bits per heavy atom. The van der Waals surface area contributed by atoms with Crippen LogP contribution in [0.3, 0.4) is 0 Å². The third-order valence-corrected chi connectivity index (χ3v) is 5.78. The van der Waals surface area contributed by atoms with Crippen LogP contribution >= 0.6 is 23.2 Å². The van der Waals surface area contributed by atoms with E-state index in [4.69, 9.17) is 23.2 Å². The van der Waals surface area contributed by atoms with E-state index in [0.29, 0.717) is 15.7 Å². The Hall–Kier alpha value is -0.672. The predicted molar refractivity (Wildman–Crippen MR) is 81.9 cm³/mol. The monoisotopic (exact) mass is 377 g/mol. The zero-order valence-corrected chi connectivity index (χ0v) is 14.4. The number of halogens is 2. The number of hydrogen-bond donors (Lipinski definition) is 1. The van der Waals surface area contributed by atoms with Crippen molar-refractivity contribution in [3.05, 3.63) is 52.5 Å². The number of sulfonamides is 1. The standard InChI is InChI=1S/C12H10AsCl2NO2S/c13-11-6-5-10(7-12(11)15)19(17,18)16-9-3-1-8(14)2-4-9/h1-7,16H,13H2. The van der Waals surface area contributed by atoms with Crippen molar-refractivity contribution < 1.29 is 8.42 Å². The van der Waals surface area contributed by atoms with Crippen LogP contribution < -0.4 is 9.07 Å². The summed E-state index contributed by atoms with van der Waals surface area (Å²) < 4.78 is 27.7. The second kappa shape index (κ2) is 5.76. The van der Waals surface area contributed by atoms with Crippen LogP contribution in [0.4, 0.5) is 5.69 Å². The van der Waals surface area contributed by atoms with E-state index in [1.807, 2.05) is 0 Å². The molecule has 0 saturated carbocycles. The van der Waals surface area contributed by atoms with Gasteiger partial charge in [-0.3, -0.25) is 0 Å².